The third kappa shape index (κ3) is 4.44. The van der Waals surface area contributed by atoms with E-state index in [0.717, 1.165) is 47.2 Å². The largest absolute Gasteiger partial charge is 0.444 e. The Morgan fingerprint density at radius 2 is 1.87 bits per heavy atom. The molecule has 1 saturated carbocycles. The highest BCUT2D eigenvalue weighted by Gasteiger charge is 2.41. The van der Waals surface area contributed by atoms with Crippen molar-refractivity contribution in [3.05, 3.63) is 58.4 Å². The molecule has 6 heteroatoms. The summed E-state index contributed by atoms with van der Waals surface area (Å²) >= 11 is 1.68. The number of nitrogens with one attached hydrogen (secondary N) is 1. The molecule has 3 N–H and O–H groups in total. The summed E-state index contributed by atoms with van der Waals surface area (Å²) < 4.78 is 5.49. The molecule has 0 spiro atoms. The number of amides is 1. The first-order valence-electron chi connectivity index (χ1n) is 10.6. The molecule has 4 rings (SSSR count). The average Bonchev–Trinajstić information content (AvgIpc) is 3.09. The third-order valence-electron chi connectivity index (χ3n) is 5.71. The molecule has 5 nitrogen and oxygen atoms in total. The Hall–Kier alpha value is -2.86. The van der Waals surface area contributed by atoms with Crippen LogP contribution in [0.15, 0.2) is 47.3 Å². The summed E-state index contributed by atoms with van der Waals surface area (Å²) in [5, 5.41) is 7.39. The number of alkyl carbamates (subject to hydrolysis) is 1. The topological polar surface area (TPSA) is 77.2 Å². The number of rotatable bonds is 4. The van der Waals surface area contributed by atoms with Crippen LogP contribution in [0.5, 0.6) is 0 Å². The first-order valence-corrected chi connectivity index (χ1v) is 11.5. The molecule has 0 bridgehead atoms. The van der Waals surface area contributed by atoms with Crippen LogP contribution < -0.4 is 11.1 Å². The molecule has 1 aromatic carbocycles. The number of nitrogens with zero attached hydrogens (tertiary/aromatic N) is 1. The van der Waals surface area contributed by atoms with Crippen LogP contribution in [-0.4, -0.2) is 16.7 Å². The van der Waals surface area contributed by atoms with Gasteiger partial charge in [0.2, 0.25) is 0 Å². The van der Waals surface area contributed by atoms with Gasteiger partial charge in [0.1, 0.15) is 5.60 Å². The number of pyridine rings is 1. The SMILES string of the molecule is Cc1cscc1-c1cc(N)cnc1-c1ccc(C2(NC(=O)OC(C)(C)C)CCC2)cc1. The van der Waals surface area contributed by atoms with Crippen LogP contribution >= 0.6 is 11.3 Å². The number of anilines is 1. The van der Waals surface area contributed by atoms with E-state index in [1.54, 1.807) is 17.5 Å². The van der Waals surface area contributed by atoms with E-state index in [2.05, 4.69) is 52.3 Å². The fraction of sp³-hybridized carbons (Fsp3) is 0.360. The van der Waals surface area contributed by atoms with E-state index in [0.29, 0.717) is 5.69 Å². The van der Waals surface area contributed by atoms with Gasteiger partial charge in [-0.15, -0.1) is 0 Å². The number of carbonyl (C=O) groups is 1. The van der Waals surface area contributed by atoms with Gasteiger partial charge in [-0.3, -0.25) is 4.98 Å². The van der Waals surface area contributed by atoms with Crippen molar-refractivity contribution in [2.24, 2.45) is 0 Å². The molecule has 0 aliphatic heterocycles. The van der Waals surface area contributed by atoms with Gasteiger partial charge in [0.25, 0.3) is 0 Å². The van der Waals surface area contributed by atoms with E-state index in [-0.39, 0.29) is 11.6 Å². The Labute approximate surface area is 187 Å². The smallest absolute Gasteiger partial charge is 0.408 e. The van der Waals surface area contributed by atoms with E-state index in [1.165, 1.54) is 5.56 Å². The van der Waals surface area contributed by atoms with E-state index in [1.807, 2.05) is 26.8 Å². The fourth-order valence-corrected chi connectivity index (χ4v) is 4.86. The van der Waals surface area contributed by atoms with Gasteiger partial charge in [-0.2, -0.15) is 11.3 Å². The lowest BCUT2D eigenvalue weighted by Gasteiger charge is -2.43. The van der Waals surface area contributed by atoms with Gasteiger partial charge in [0, 0.05) is 11.1 Å². The molecular formula is C25H29N3O2S. The predicted molar refractivity (Wildman–Crippen MR) is 127 cm³/mol. The molecule has 2 aromatic heterocycles. The summed E-state index contributed by atoms with van der Waals surface area (Å²) in [5.41, 5.74) is 12.3. The van der Waals surface area contributed by atoms with Crippen LogP contribution in [0.2, 0.25) is 0 Å². The van der Waals surface area contributed by atoms with Crippen LogP contribution in [0.25, 0.3) is 22.4 Å². The fourth-order valence-electron chi connectivity index (χ4n) is 4.02. The second-order valence-corrected chi connectivity index (χ2v) is 10.0. The van der Waals surface area contributed by atoms with Crippen molar-refractivity contribution in [3.8, 4) is 22.4 Å². The summed E-state index contributed by atoms with van der Waals surface area (Å²) in [5.74, 6) is 0. The summed E-state index contributed by atoms with van der Waals surface area (Å²) in [4.78, 5) is 17.1. The molecule has 1 fully saturated rings. The van der Waals surface area contributed by atoms with Gasteiger partial charge < -0.3 is 15.8 Å². The minimum atomic E-state index is -0.518. The predicted octanol–water partition coefficient (Wildman–Crippen LogP) is 6.27. The zero-order valence-corrected chi connectivity index (χ0v) is 19.3. The third-order valence-corrected chi connectivity index (χ3v) is 6.57. The van der Waals surface area contributed by atoms with Crippen molar-refractivity contribution in [3.63, 3.8) is 0 Å². The van der Waals surface area contributed by atoms with Crippen LogP contribution in [0.3, 0.4) is 0 Å². The second kappa shape index (κ2) is 8.00. The monoisotopic (exact) mass is 435 g/mol. The second-order valence-electron chi connectivity index (χ2n) is 9.27. The Bertz CT molecular complexity index is 1090. The Balaban J connectivity index is 1.63. The Morgan fingerprint density at radius 3 is 2.42 bits per heavy atom. The highest BCUT2D eigenvalue weighted by atomic mass is 32.1. The minimum absolute atomic E-state index is 0.359. The van der Waals surface area contributed by atoms with Crippen LogP contribution in [0.1, 0.15) is 51.2 Å². The molecule has 0 unspecified atom stereocenters. The summed E-state index contributed by atoms with van der Waals surface area (Å²) in [6.07, 6.45) is 4.23. The lowest BCUT2D eigenvalue weighted by Crippen LogP contribution is -2.52. The number of ether oxygens (including phenoxy) is 1. The van der Waals surface area contributed by atoms with Crippen LogP contribution in [0, 0.1) is 6.92 Å². The first kappa shape index (κ1) is 21.4. The molecule has 0 saturated heterocycles. The number of aromatic nitrogens is 1. The van der Waals surface area contributed by atoms with Gasteiger partial charge >= 0.3 is 6.09 Å². The lowest BCUT2D eigenvalue weighted by atomic mass is 9.71. The Morgan fingerprint density at radius 1 is 1.16 bits per heavy atom. The van der Waals surface area contributed by atoms with Crippen molar-refractivity contribution in [1.29, 1.82) is 0 Å². The molecule has 1 amide bonds. The van der Waals surface area contributed by atoms with Gasteiger partial charge in [-0.05, 0) is 80.5 Å². The number of nitrogen functional groups attached to an aromatic ring is 1. The molecule has 0 atom stereocenters. The summed E-state index contributed by atoms with van der Waals surface area (Å²) in [7, 11) is 0. The molecular weight excluding hydrogens is 406 g/mol. The van der Waals surface area contributed by atoms with Crippen molar-refractivity contribution in [2.45, 2.75) is 58.1 Å². The number of aryl methyl sites for hydroxylation is 1. The van der Waals surface area contributed by atoms with E-state index < -0.39 is 5.60 Å². The maximum Gasteiger partial charge on any atom is 0.408 e. The quantitative estimate of drug-likeness (QED) is 0.506. The van der Waals surface area contributed by atoms with Gasteiger partial charge in [-0.25, -0.2) is 4.79 Å². The highest BCUT2D eigenvalue weighted by molar-refractivity contribution is 7.08. The maximum atomic E-state index is 12.4. The zero-order chi connectivity index (χ0) is 22.2. The number of hydrogen-bond acceptors (Lipinski definition) is 5. The standard InChI is InChI=1S/C25H29N3O2S/c1-16-14-31-15-21(16)20-12-19(26)13-27-22(20)17-6-8-18(9-7-17)25(10-5-11-25)28-23(29)30-24(2,3)4/h6-9,12-15H,5,10-11,26H2,1-4H3,(H,28,29). The van der Waals surface area contributed by atoms with Crippen LogP contribution in [-0.2, 0) is 10.3 Å². The molecule has 162 valence electrons. The van der Waals surface area contributed by atoms with Crippen LogP contribution in [0.4, 0.5) is 10.5 Å². The van der Waals surface area contributed by atoms with Crippen molar-refractivity contribution >= 4 is 23.1 Å². The molecule has 1 aliphatic rings. The zero-order valence-electron chi connectivity index (χ0n) is 18.5. The number of nitrogens with two attached hydrogens (primary N) is 1. The highest BCUT2D eigenvalue weighted by Crippen LogP contribution is 2.42. The minimum Gasteiger partial charge on any atom is -0.444 e. The molecule has 1 aliphatic carbocycles. The Kier molecular flexibility index (Phi) is 5.52. The molecule has 3 aromatic rings. The van der Waals surface area contributed by atoms with Crippen molar-refractivity contribution < 1.29 is 9.53 Å². The maximum absolute atomic E-state index is 12.4. The summed E-state index contributed by atoms with van der Waals surface area (Å²) in [6, 6.07) is 10.3. The number of carbonyl (C=O) groups excluding carboxylic acids is 1. The van der Waals surface area contributed by atoms with E-state index in [9.17, 15) is 4.79 Å². The van der Waals surface area contributed by atoms with Gasteiger partial charge in [0.15, 0.2) is 0 Å². The van der Waals surface area contributed by atoms with Crippen molar-refractivity contribution in [1.82, 2.24) is 10.3 Å². The van der Waals surface area contributed by atoms with Gasteiger partial charge in [-0.1, -0.05) is 24.3 Å². The number of hydrogen-bond donors (Lipinski definition) is 2. The lowest BCUT2D eigenvalue weighted by molar-refractivity contribution is 0.0377. The number of benzene rings is 1. The summed E-state index contributed by atoms with van der Waals surface area (Å²) in [6.45, 7) is 7.73. The normalized spacial score (nSPS) is 15.2. The molecule has 0 radical (unpaired) electrons. The molecule has 31 heavy (non-hydrogen) atoms. The first-order chi connectivity index (χ1) is 14.7. The van der Waals surface area contributed by atoms with E-state index >= 15 is 0 Å². The van der Waals surface area contributed by atoms with E-state index in [4.69, 9.17) is 10.5 Å². The number of thiophene rings is 1. The van der Waals surface area contributed by atoms with Gasteiger partial charge in [0.05, 0.1) is 23.1 Å². The van der Waals surface area contributed by atoms with Crippen molar-refractivity contribution in [2.75, 3.05) is 5.73 Å². The molecule has 2 heterocycles. The average molecular weight is 436 g/mol.